The third-order valence-corrected chi connectivity index (χ3v) is 3.06. The van der Waals surface area contributed by atoms with Crippen LogP contribution in [-0.4, -0.2) is 24.0 Å². The minimum Gasteiger partial charge on any atom is -0.465 e. The van der Waals surface area contributed by atoms with Crippen LogP contribution in [0.2, 0.25) is 0 Å². The highest BCUT2D eigenvalue weighted by atomic mass is 16.6. The Kier molecular flexibility index (Phi) is 5.03. The lowest BCUT2D eigenvalue weighted by molar-refractivity contribution is -0.385. The van der Waals surface area contributed by atoms with Crippen molar-refractivity contribution >= 4 is 17.6 Å². The second-order valence-electron chi connectivity index (χ2n) is 4.51. The summed E-state index contributed by atoms with van der Waals surface area (Å²) in [5.74, 6) is -1.80. The van der Waals surface area contributed by atoms with Gasteiger partial charge in [-0.3, -0.25) is 10.1 Å². The van der Waals surface area contributed by atoms with Crippen LogP contribution in [0.1, 0.15) is 26.3 Å². The van der Waals surface area contributed by atoms with Gasteiger partial charge in [0.15, 0.2) is 5.56 Å². The predicted molar refractivity (Wildman–Crippen MR) is 80.0 cm³/mol. The normalized spacial score (nSPS) is 9.96. The Morgan fingerprint density at radius 1 is 1.04 bits per heavy atom. The molecule has 0 unspecified atom stereocenters. The third-order valence-electron chi connectivity index (χ3n) is 3.06. The number of hydrogen-bond acceptors (Lipinski definition) is 6. The first-order valence-corrected chi connectivity index (χ1v) is 6.61. The van der Waals surface area contributed by atoms with E-state index in [1.165, 1.54) is 12.1 Å². The predicted octanol–water partition coefficient (Wildman–Crippen LogP) is 2.74. The summed E-state index contributed by atoms with van der Waals surface area (Å²) in [6.07, 6.45) is 0. The summed E-state index contributed by atoms with van der Waals surface area (Å²) >= 11 is 0. The highest BCUT2D eigenvalue weighted by Gasteiger charge is 2.28. The zero-order valence-corrected chi connectivity index (χ0v) is 12.2. The van der Waals surface area contributed by atoms with E-state index in [1.807, 2.05) is 6.07 Å². The summed E-state index contributed by atoms with van der Waals surface area (Å²) in [6.45, 7) is -0.0109. The molecule has 0 spiro atoms. The van der Waals surface area contributed by atoms with Gasteiger partial charge in [-0.15, -0.1) is 0 Å². The lowest BCUT2D eigenvalue weighted by atomic mass is 10.1. The van der Waals surface area contributed by atoms with E-state index in [4.69, 9.17) is 4.74 Å². The van der Waals surface area contributed by atoms with Crippen molar-refractivity contribution < 1.29 is 24.0 Å². The number of ether oxygens (including phenoxy) is 2. The van der Waals surface area contributed by atoms with E-state index >= 15 is 0 Å². The van der Waals surface area contributed by atoms with Gasteiger partial charge in [0.05, 0.1) is 17.6 Å². The standard InChI is InChI=1S/C16H13NO6/c1-22-16(19)14-12(8-5-9-13(14)17(20)21)15(18)23-10-11-6-3-2-4-7-11/h2-9H,10H2,1H3. The van der Waals surface area contributed by atoms with Crippen LogP contribution in [0.15, 0.2) is 48.5 Å². The number of carbonyl (C=O) groups is 2. The van der Waals surface area contributed by atoms with Gasteiger partial charge in [0.2, 0.25) is 0 Å². The Morgan fingerprint density at radius 2 is 1.74 bits per heavy atom. The van der Waals surface area contributed by atoms with Crippen LogP contribution in [0.25, 0.3) is 0 Å². The minimum atomic E-state index is -0.969. The molecule has 0 aliphatic carbocycles. The van der Waals surface area contributed by atoms with E-state index in [1.54, 1.807) is 24.3 Å². The molecular formula is C16H13NO6. The van der Waals surface area contributed by atoms with Crippen molar-refractivity contribution in [1.29, 1.82) is 0 Å². The number of carbonyl (C=O) groups excluding carboxylic acids is 2. The van der Waals surface area contributed by atoms with Crippen molar-refractivity contribution in [3.05, 3.63) is 75.3 Å². The van der Waals surface area contributed by atoms with Gasteiger partial charge in [-0.1, -0.05) is 36.4 Å². The number of benzene rings is 2. The van der Waals surface area contributed by atoms with Crippen molar-refractivity contribution in [2.75, 3.05) is 7.11 Å². The fourth-order valence-electron chi connectivity index (χ4n) is 1.98. The zero-order valence-electron chi connectivity index (χ0n) is 12.2. The maximum absolute atomic E-state index is 12.2. The van der Waals surface area contributed by atoms with Gasteiger partial charge in [0, 0.05) is 6.07 Å². The molecule has 0 bridgehead atoms. The summed E-state index contributed by atoms with van der Waals surface area (Å²) in [7, 11) is 1.08. The van der Waals surface area contributed by atoms with E-state index in [-0.39, 0.29) is 12.2 Å². The summed E-state index contributed by atoms with van der Waals surface area (Å²) in [4.78, 5) is 34.3. The summed E-state index contributed by atoms with van der Waals surface area (Å²) < 4.78 is 9.64. The summed E-state index contributed by atoms with van der Waals surface area (Å²) in [5.41, 5.74) is -0.378. The van der Waals surface area contributed by atoms with Crippen LogP contribution in [-0.2, 0) is 16.1 Å². The van der Waals surface area contributed by atoms with Crippen molar-refractivity contribution in [2.24, 2.45) is 0 Å². The van der Waals surface area contributed by atoms with Gasteiger partial charge in [-0.2, -0.15) is 0 Å². The summed E-state index contributed by atoms with van der Waals surface area (Å²) in [5, 5.41) is 11.0. The number of hydrogen-bond donors (Lipinski definition) is 0. The van der Waals surface area contributed by atoms with E-state index < -0.39 is 28.1 Å². The molecular weight excluding hydrogens is 302 g/mol. The molecule has 0 atom stereocenters. The van der Waals surface area contributed by atoms with Gasteiger partial charge in [0.25, 0.3) is 5.69 Å². The molecule has 2 aromatic rings. The van der Waals surface area contributed by atoms with Crippen molar-refractivity contribution in [3.63, 3.8) is 0 Å². The monoisotopic (exact) mass is 315 g/mol. The largest absolute Gasteiger partial charge is 0.465 e. The van der Waals surface area contributed by atoms with E-state index in [0.29, 0.717) is 0 Å². The molecule has 0 amide bonds. The molecule has 0 aliphatic heterocycles. The molecule has 0 heterocycles. The van der Waals surface area contributed by atoms with Crippen LogP contribution >= 0.6 is 0 Å². The average molecular weight is 315 g/mol. The second-order valence-corrected chi connectivity index (χ2v) is 4.51. The Balaban J connectivity index is 2.30. The zero-order chi connectivity index (χ0) is 16.8. The van der Waals surface area contributed by atoms with Crippen molar-refractivity contribution in [3.8, 4) is 0 Å². The number of rotatable bonds is 5. The molecule has 7 heteroatoms. The number of nitrogens with zero attached hydrogens (tertiary/aromatic N) is 1. The highest BCUT2D eigenvalue weighted by molar-refractivity contribution is 6.06. The van der Waals surface area contributed by atoms with Gasteiger partial charge < -0.3 is 9.47 Å². The molecule has 0 aliphatic rings. The molecule has 2 rings (SSSR count). The molecule has 23 heavy (non-hydrogen) atoms. The van der Waals surface area contributed by atoms with Crippen molar-refractivity contribution in [2.45, 2.75) is 6.61 Å². The fourth-order valence-corrected chi connectivity index (χ4v) is 1.98. The molecule has 118 valence electrons. The van der Waals surface area contributed by atoms with E-state index in [9.17, 15) is 19.7 Å². The second kappa shape index (κ2) is 7.17. The average Bonchev–Trinajstić information content (AvgIpc) is 2.59. The molecule has 0 fully saturated rings. The quantitative estimate of drug-likeness (QED) is 0.478. The SMILES string of the molecule is COC(=O)c1c(C(=O)OCc2ccccc2)cccc1[N+](=O)[O-]. The number of nitro benzene ring substituents is 1. The third kappa shape index (κ3) is 3.70. The Bertz CT molecular complexity index is 741. The Hall–Kier alpha value is -3.22. The van der Waals surface area contributed by atoms with Crippen LogP contribution in [0.3, 0.4) is 0 Å². The van der Waals surface area contributed by atoms with E-state index in [0.717, 1.165) is 18.7 Å². The Labute approximate surface area is 131 Å². The van der Waals surface area contributed by atoms with Crippen molar-refractivity contribution in [1.82, 2.24) is 0 Å². The smallest absolute Gasteiger partial charge is 0.345 e. The van der Waals surface area contributed by atoms with Gasteiger partial charge in [-0.25, -0.2) is 9.59 Å². The van der Waals surface area contributed by atoms with Crippen LogP contribution in [0, 0.1) is 10.1 Å². The van der Waals surface area contributed by atoms with Crippen LogP contribution in [0.5, 0.6) is 0 Å². The topological polar surface area (TPSA) is 95.7 Å². The maximum Gasteiger partial charge on any atom is 0.345 e. The van der Waals surface area contributed by atoms with Gasteiger partial charge in [-0.05, 0) is 11.6 Å². The minimum absolute atomic E-state index is 0.0109. The fraction of sp³-hybridized carbons (Fsp3) is 0.125. The summed E-state index contributed by atoms with van der Waals surface area (Å²) in [6, 6.07) is 12.6. The number of nitro groups is 1. The molecule has 7 nitrogen and oxygen atoms in total. The number of esters is 2. The molecule has 0 N–H and O–H groups in total. The number of methoxy groups -OCH3 is 1. The Morgan fingerprint density at radius 3 is 2.35 bits per heavy atom. The molecule has 0 aromatic heterocycles. The lowest BCUT2D eigenvalue weighted by Gasteiger charge is -2.09. The van der Waals surface area contributed by atoms with Crippen LogP contribution in [0.4, 0.5) is 5.69 Å². The lowest BCUT2D eigenvalue weighted by Crippen LogP contribution is -2.15. The van der Waals surface area contributed by atoms with Gasteiger partial charge >= 0.3 is 11.9 Å². The first kappa shape index (κ1) is 16.2. The molecule has 0 saturated heterocycles. The maximum atomic E-state index is 12.2. The van der Waals surface area contributed by atoms with E-state index in [2.05, 4.69) is 4.74 Å². The van der Waals surface area contributed by atoms with Gasteiger partial charge in [0.1, 0.15) is 6.61 Å². The molecule has 0 saturated carbocycles. The molecule has 2 aromatic carbocycles. The highest BCUT2D eigenvalue weighted by Crippen LogP contribution is 2.24. The molecule has 0 radical (unpaired) electrons. The van der Waals surface area contributed by atoms with Crippen LogP contribution < -0.4 is 0 Å². The first-order chi connectivity index (χ1) is 11.0. The first-order valence-electron chi connectivity index (χ1n) is 6.61.